The molecule has 0 amide bonds. The molecule has 2 heterocycles. The number of ketones is 1. The van der Waals surface area contributed by atoms with Gasteiger partial charge >= 0.3 is 0 Å². The number of aromatic hydroxyl groups is 2. The second-order valence-electron chi connectivity index (χ2n) is 6.77. The summed E-state index contributed by atoms with van der Waals surface area (Å²) >= 11 is 2.57. The third kappa shape index (κ3) is 3.16. The minimum absolute atomic E-state index is 0.0486. The van der Waals surface area contributed by atoms with E-state index in [1.54, 1.807) is 17.6 Å². The molecule has 6 heteroatoms. The van der Waals surface area contributed by atoms with E-state index in [0.717, 1.165) is 26.8 Å². The van der Waals surface area contributed by atoms with Gasteiger partial charge in [0.25, 0.3) is 0 Å². The van der Waals surface area contributed by atoms with Gasteiger partial charge in [0.2, 0.25) is 5.78 Å². The number of carbonyl (C=O) groups excluding carboxylic acids is 1. The van der Waals surface area contributed by atoms with Crippen LogP contribution in [0.4, 0.5) is 0 Å². The molecule has 0 atom stereocenters. The van der Waals surface area contributed by atoms with Gasteiger partial charge in [-0.25, -0.2) is 4.98 Å². The zero-order valence-corrected chi connectivity index (χ0v) is 17.2. The third-order valence-corrected chi connectivity index (χ3v) is 6.69. The van der Waals surface area contributed by atoms with Gasteiger partial charge < -0.3 is 10.2 Å². The Balaban J connectivity index is 1.68. The van der Waals surface area contributed by atoms with Crippen LogP contribution in [0.1, 0.15) is 15.2 Å². The predicted molar refractivity (Wildman–Crippen MR) is 122 cm³/mol. The molecule has 2 aromatic heterocycles. The first-order chi connectivity index (χ1) is 14.6. The Bertz CT molecular complexity index is 1370. The first-order valence-electron chi connectivity index (χ1n) is 9.20. The minimum atomic E-state index is -0.0486. The molecule has 0 spiro atoms. The minimum Gasteiger partial charge on any atom is -0.508 e. The molecule has 5 aromatic rings. The van der Waals surface area contributed by atoms with Crippen LogP contribution >= 0.6 is 22.7 Å². The molecule has 5 rings (SSSR count). The van der Waals surface area contributed by atoms with Gasteiger partial charge in [-0.15, -0.1) is 11.3 Å². The van der Waals surface area contributed by atoms with Crippen molar-refractivity contribution in [2.24, 2.45) is 0 Å². The van der Waals surface area contributed by atoms with Gasteiger partial charge in [-0.2, -0.15) is 0 Å². The molecule has 0 fully saturated rings. The predicted octanol–water partition coefficient (Wildman–Crippen LogP) is 6.33. The maximum atomic E-state index is 13.3. The number of fused-ring (bicyclic) bond motifs is 1. The number of phenols is 1. The summed E-state index contributed by atoms with van der Waals surface area (Å²) in [5.41, 5.74) is 5.33. The zero-order valence-electron chi connectivity index (χ0n) is 15.6. The van der Waals surface area contributed by atoms with Crippen molar-refractivity contribution in [3.63, 3.8) is 0 Å². The Labute approximate surface area is 180 Å². The Morgan fingerprint density at radius 1 is 0.867 bits per heavy atom. The van der Waals surface area contributed by atoms with E-state index in [4.69, 9.17) is 0 Å². The number of phenolic OH excluding ortho intramolecular Hbond substituents is 1. The lowest BCUT2D eigenvalue weighted by Gasteiger charge is -2.07. The first kappa shape index (κ1) is 18.5. The van der Waals surface area contributed by atoms with Gasteiger partial charge in [-0.05, 0) is 23.8 Å². The summed E-state index contributed by atoms with van der Waals surface area (Å²) in [6.45, 7) is 0. The monoisotopic (exact) mass is 429 g/mol. The number of hydrogen-bond acceptors (Lipinski definition) is 6. The Morgan fingerprint density at radius 2 is 1.60 bits per heavy atom. The van der Waals surface area contributed by atoms with Crippen LogP contribution in [-0.2, 0) is 0 Å². The van der Waals surface area contributed by atoms with Crippen LogP contribution in [0.25, 0.3) is 32.5 Å². The van der Waals surface area contributed by atoms with Gasteiger partial charge in [0.15, 0.2) is 5.06 Å². The van der Waals surface area contributed by atoms with E-state index in [0.29, 0.717) is 16.1 Å². The molecule has 0 radical (unpaired) electrons. The number of thiophene rings is 1. The molecule has 2 N–H and O–H groups in total. The van der Waals surface area contributed by atoms with Crippen LogP contribution in [-0.4, -0.2) is 21.0 Å². The molecule has 0 saturated heterocycles. The summed E-state index contributed by atoms with van der Waals surface area (Å²) in [6, 6.07) is 22.0. The van der Waals surface area contributed by atoms with E-state index in [1.165, 1.54) is 22.7 Å². The summed E-state index contributed by atoms with van der Waals surface area (Å²) < 4.78 is 0.852. The van der Waals surface area contributed by atoms with E-state index < -0.39 is 0 Å². The second kappa shape index (κ2) is 7.40. The van der Waals surface area contributed by atoms with Crippen LogP contribution in [0.5, 0.6) is 10.8 Å². The SMILES string of the molecule is O=C(c1ccccc1)c1sc2cc(O)ccc2c1-c1ccc(-c2ncsc2O)cc1. The number of thiazole rings is 1. The standard InChI is InChI=1S/C24H15NO3S2/c26-17-10-11-18-19(12-17)30-23(22(27)16-4-2-1-3-5-16)20(18)14-6-8-15(9-7-14)21-24(28)29-13-25-21/h1-13,26,28H. The highest BCUT2D eigenvalue weighted by Gasteiger charge is 2.21. The summed E-state index contributed by atoms with van der Waals surface area (Å²) in [6.07, 6.45) is 0. The number of hydrogen-bond donors (Lipinski definition) is 2. The van der Waals surface area contributed by atoms with Crippen LogP contribution < -0.4 is 0 Å². The van der Waals surface area contributed by atoms with Crippen molar-refractivity contribution in [2.45, 2.75) is 0 Å². The quantitative estimate of drug-likeness (QED) is 0.327. The van der Waals surface area contributed by atoms with Crippen LogP contribution in [0.2, 0.25) is 0 Å². The highest BCUT2D eigenvalue weighted by molar-refractivity contribution is 7.21. The van der Waals surface area contributed by atoms with Gasteiger partial charge in [-0.3, -0.25) is 4.79 Å². The Morgan fingerprint density at radius 3 is 2.30 bits per heavy atom. The Kier molecular flexibility index (Phi) is 4.58. The molecule has 0 aliphatic rings. The van der Waals surface area contributed by atoms with E-state index >= 15 is 0 Å². The van der Waals surface area contributed by atoms with Crippen molar-refractivity contribution >= 4 is 38.5 Å². The third-order valence-electron chi connectivity index (χ3n) is 4.91. The van der Waals surface area contributed by atoms with Gasteiger partial charge in [-0.1, -0.05) is 65.9 Å². The fourth-order valence-corrected chi connectivity index (χ4v) is 5.25. The van der Waals surface area contributed by atoms with E-state index in [9.17, 15) is 15.0 Å². The topological polar surface area (TPSA) is 70.4 Å². The summed E-state index contributed by atoms with van der Waals surface area (Å²) in [4.78, 5) is 18.1. The fraction of sp³-hybridized carbons (Fsp3) is 0. The summed E-state index contributed by atoms with van der Waals surface area (Å²) in [7, 11) is 0. The second-order valence-corrected chi connectivity index (χ2v) is 8.65. The smallest absolute Gasteiger partial charge is 0.203 e. The van der Waals surface area contributed by atoms with Crippen molar-refractivity contribution in [1.82, 2.24) is 4.98 Å². The fourth-order valence-electron chi connectivity index (χ4n) is 3.49. The van der Waals surface area contributed by atoms with Crippen molar-refractivity contribution < 1.29 is 15.0 Å². The normalized spacial score (nSPS) is 11.1. The molecule has 0 aliphatic carbocycles. The van der Waals surface area contributed by atoms with Crippen LogP contribution in [0, 0.1) is 0 Å². The van der Waals surface area contributed by atoms with Crippen molar-refractivity contribution in [3.8, 4) is 33.2 Å². The van der Waals surface area contributed by atoms with Crippen molar-refractivity contribution in [2.75, 3.05) is 0 Å². The maximum Gasteiger partial charge on any atom is 0.203 e. The lowest BCUT2D eigenvalue weighted by atomic mass is 9.97. The van der Waals surface area contributed by atoms with Crippen LogP contribution in [0.15, 0.2) is 78.3 Å². The van der Waals surface area contributed by atoms with Gasteiger partial charge in [0, 0.05) is 26.8 Å². The summed E-state index contributed by atoms with van der Waals surface area (Å²) in [5.74, 6) is 0.121. The van der Waals surface area contributed by atoms with Crippen LogP contribution in [0.3, 0.4) is 0 Å². The number of nitrogens with zero attached hydrogens (tertiary/aromatic N) is 1. The average Bonchev–Trinajstić information content (AvgIpc) is 3.37. The highest BCUT2D eigenvalue weighted by atomic mass is 32.1. The van der Waals surface area contributed by atoms with E-state index in [-0.39, 0.29) is 16.6 Å². The molecule has 0 bridgehead atoms. The average molecular weight is 430 g/mol. The largest absolute Gasteiger partial charge is 0.508 e. The maximum absolute atomic E-state index is 13.3. The number of rotatable bonds is 4. The van der Waals surface area contributed by atoms with Gasteiger partial charge in [0.05, 0.1) is 10.4 Å². The van der Waals surface area contributed by atoms with Crippen molar-refractivity contribution in [3.05, 3.63) is 88.7 Å². The van der Waals surface area contributed by atoms with E-state index in [1.807, 2.05) is 60.7 Å². The molecule has 4 nitrogen and oxygen atoms in total. The molecular weight excluding hydrogens is 414 g/mol. The zero-order chi connectivity index (χ0) is 20.7. The van der Waals surface area contributed by atoms with Crippen molar-refractivity contribution in [1.29, 1.82) is 0 Å². The lowest BCUT2D eigenvalue weighted by molar-refractivity contribution is 0.104. The molecule has 30 heavy (non-hydrogen) atoms. The Hall–Kier alpha value is -3.48. The number of carbonyl (C=O) groups is 1. The number of aromatic nitrogens is 1. The molecule has 0 saturated carbocycles. The molecular formula is C24H15NO3S2. The molecule has 0 unspecified atom stereocenters. The molecule has 146 valence electrons. The number of benzene rings is 3. The van der Waals surface area contributed by atoms with E-state index in [2.05, 4.69) is 4.98 Å². The lowest BCUT2D eigenvalue weighted by Crippen LogP contribution is -2.00. The highest BCUT2D eigenvalue weighted by Crippen LogP contribution is 2.42. The first-order valence-corrected chi connectivity index (χ1v) is 10.9. The van der Waals surface area contributed by atoms with Gasteiger partial charge in [0.1, 0.15) is 11.4 Å². The molecule has 0 aliphatic heterocycles. The summed E-state index contributed by atoms with van der Waals surface area (Å²) in [5, 5.41) is 21.0. The molecule has 3 aromatic carbocycles.